The van der Waals surface area contributed by atoms with Crippen LogP contribution in [0, 0.1) is 13.8 Å². The topological polar surface area (TPSA) is 25.8 Å². The zero-order valence-electron chi connectivity index (χ0n) is 10.6. The van der Waals surface area contributed by atoms with Gasteiger partial charge in [0.2, 0.25) is 0 Å². The van der Waals surface area contributed by atoms with Crippen LogP contribution in [0.4, 0.5) is 0 Å². The molecule has 2 rings (SSSR count). The van der Waals surface area contributed by atoms with Gasteiger partial charge in [0.1, 0.15) is 0 Å². The van der Waals surface area contributed by atoms with Crippen molar-refractivity contribution in [2.24, 2.45) is 0 Å². The van der Waals surface area contributed by atoms with E-state index >= 15 is 0 Å². The largest absolute Gasteiger partial charge is 0.236 e. The number of nitrogens with zero attached hydrogens (tertiary/aromatic N) is 2. The van der Waals surface area contributed by atoms with E-state index in [1.807, 2.05) is 33.9 Å². The maximum absolute atomic E-state index is 4.47. The second-order valence-electron chi connectivity index (χ2n) is 3.60. The first-order valence-electron chi connectivity index (χ1n) is 5.94. The molecule has 1 aliphatic rings. The molecule has 16 heavy (non-hydrogen) atoms. The van der Waals surface area contributed by atoms with E-state index in [1.54, 1.807) is 0 Å². The van der Waals surface area contributed by atoms with Gasteiger partial charge in [-0.15, -0.1) is 0 Å². The average molecular weight is 216 g/mol. The first-order chi connectivity index (χ1) is 7.77. The lowest BCUT2D eigenvalue weighted by Gasteiger charge is -2.06. The maximum Gasteiger partial charge on any atom is 0.159 e. The Bertz CT molecular complexity index is 403. The van der Waals surface area contributed by atoms with Gasteiger partial charge in [-0.05, 0) is 32.3 Å². The van der Waals surface area contributed by atoms with E-state index in [2.05, 4.69) is 28.2 Å². The molecular formula is C14H20N2. The van der Waals surface area contributed by atoms with Crippen molar-refractivity contribution >= 4 is 5.57 Å². The minimum atomic E-state index is 0.851. The first kappa shape index (κ1) is 12.6. The van der Waals surface area contributed by atoms with Crippen LogP contribution in [0.5, 0.6) is 0 Å². The summed E-state index contributed by atoms with van der Waals surface area (Å²) >= 11 is 0. The van der Waals surface area contributed by atoms with Crippen molar-refractivity contribution in [2.45, 2.75) is 40.5 Å². The Morgan fingerprint density at radius 2 is 1.88 bits per heavy atom. The highest BCUT2D eigenvalue weighted by atomic mass is 14.9. The molecule has 0 bridgehead atoms. The van der Waals surface area contributed by atoms with E-state index in [9.17, 15) is 0 Å². The fourth-order valence-corrected chi connectivity index (χ4v) is 1.45. The minimum Gasteiger partial charge on any atom is -0.236 e. The highest BCUT2D eigenvalue weighted by molar-refractivity contribution is 5.70. The van der Waals surface area contributed by atoms with Crippen LogP contribution in [-0.4, -0.2) is 9.97 Å². The van der Waals surface area contributed by atoms with Crippen LogP contribution in [0.15, 0.2) is 24.4 Å². The monoisotopic (exact) mass is 216 g/mol. The van der Waals surface area contributed by atoms with Gasteiger partial charge in [-0.2, -0.15) is 0 Å². The summed E-state index contributed by atoms with van der Waals surface area (Å²) < 4.78 is 0. The molecule has 1 heterocycles. The Labute approximate surface area is 98.1 Å². The normalized spacial score (nSPS) is 13.9. The van der Waals surface area contributed by atoms with Crippen molar-refractivity contribution in [1.29, 1.82) is 0 Å². The smallest absolute Gasteiger partial charge is 0.159 e. The Hall–Kier alpha value is -1.44. The summed E-state index contributed by atoms with van der Waals surface area (Å²) in [6, 6.07) is 0. The molecule has 0 N–H and O–H groups in total. The molecule has 0 aromatic carbocycles. The maximum atomic E-state index is 4.47. The van der Waals surface area contributed by atoms with Crippen molar-refractivity contribution in [3.05, 3.63) is 41.5 Å². The molecule has 2 nitrogen and oxygen atoms in total. The van der Waals surface area contributed by atoms with Gasteiger partial charge >= 0.3 is 0 Å². The molecule has 0 unspecified atom stereocenters. The van der Waals surface area contributed by atoms with Crippen LogP contribution in [0.1, 0.15) is 43.8 Å². The summed E-state index contributed by atoms with van der Waals surface area (Å²) in [4.78, 5) is 8.80. The van der Waals surface area contributed by atoms with Crippen molar-refractivity contribution in [3.63, 3.8) is 0 Å². The first-order valence-corrected chi connectivity index (χ1v) is 5.94. The fourth-order valence-electron chi connectivity index (χ4n) is 1.45. The summed E-state index contributed by atoms with van der Waals surface area (Å²) in [6.45, 7) is 8.05. The third kappa shape index (κ3) is 3.02. The van der Waals surface area contributed by atoms with Gasteiger partial charge in [0.15, 0.2) is 5.82 Å². The molecular weight excluding hydrogens is 196 g/mol. The number of aryl methyl sites for hydroxylation is 2. The third-order valence-corrected chi connectivity index (χ3v) is 2.48. The Morgan fingerprint density at radius 1 is 1.12 bits per heavy atom. The molecule has 1 aromatic heterocycles. The Balaban J connectivity index is 0.000000606. The molecule has 0 radical (unpaired) electrons. The molecule has 1 aromatic rings. The lowest BCUT2D eigenvalue weighted by atomic mass is 10.1. The Kier molecular flexibility index (Phi) is 4.90. The van der Waals surface area contributed by atoms with Crippen LogP contribution >= 0.6 is 0 Å². The molecule has 0 spiro atoms. The van der Waals surface area contributed by atoms with Gasteiger partial charge in [0, 0.05) is 17.5 Å². The summed E-state index contributed by atoms with van der Waals surface area (Å²) in [6.07, 6.45) is 10.6. The van der Waals surface area contributed by atoms with Crippen LogP contribution in [0.25, 0.3) is 5.57 Å². The number of allylic oxidation sites excluding steroid dienone is 4. The summed E-state index contributed by atoms with van der Waals surface area (Å²) in [5.41, 5.74) is 3.36. The Morgan fingerprint density at radius 3 is 2.44 bits per heavy atom. The number of aromatic nitrogens is 2. The van der Waals surface area contributed by atoms with E-state index in [0.29, 0.717) is 0 Å². The van der Waals surface area contributed by atoms with Crippen LogP contribution in [0.2, 0.25) is 0 Å². The predicted octanol–water partition coefficient (Wildman–Crippen LogP) is 3.85. The van der Waals surface area contributed by atoms with Gasteiger partial charge in [0.05, 0.1) is 0 Å². The SMILES string of the molecule is CC.Cc1cnc(C2=CCCC=C2)nc1C. The van der Waals surface area contributed by atoms with Crippen LogP contribution in [-0.2, 0) is 0 Å². The summed E-state index contributed by atoms with van der Waals surface area (Å²) in [5, 5.41) is 0. The predicted molar refractivity (Wildman–Crippen MR) is 69.2 cm³/mol. The lowest BCUT2D eigenvalue weighted by Crippen LogP contribution is -1.98. The molecule has 0 fully saturated rings. The zero-order chi connectivity index (χ0) is 12.0. The molecule has 0 saturated carbocycles. The molecule has 1 aliphatic carbocycles. The molecule has 86 valence electrons. The second-order valence-corrected chi connectivity index (χ2v) is 3.60. The number of hydrogen-bond donors (Lipinski definition) is 0. The van der Waals surface area contributed by atoms with E-state index in [-0.39, 0.29) is 0 Å². The van der Waals surface area contributed by atoms with E-state index in [0.717, 1.165) is 35.5 Å². The third-order valence-electron chi connectivity index (χ3n) is 2.48. The number of rotatable bonds is 1. The van der Waals surface area contributed by atoms with Crippen molar-refractivity contribution in [2.75, 3.05) is 0 Å². The highest BCUT2D eigenvalue weighted by Gasteiger charge is 2.05. The quantitative estimate of drug-likeness (QED) is 0.712. The molecule has 0 amide bonds. The van der Waals surface area contributed by atoms with Crippen LogP contribution in [0.3, 0.4) is 0 Å². The van der Waals surface area contributed by atoms with E-state index in [4.69, 9.17) is 0 Å². The fraction of sp³-hybridized carbons (Fsp3) is 0.429. The molecule has 0 aliphatic heterocycles. The van der Waals surface area contributed by atoms with E-state index < -0.39 is 0 Å². The zero-order valence-corrected chi connectivity index (χ0v) is 10.6. The van der Waals surface area contributed by atoms with E-state index in [1.165, 1.54) is 0 Å². The van der Waals surface area contributed by atoms with Crippen molar-refractivity contribution in [3.8, 4) is 0 Å². The van der Waals surface area contributed by atoms with Gasteiger partial charge in [0.25, 0.3) is 0 Å². The summed E-state index contributed by atoms with van der Waals surface area (Å²) in [5.74, 6) is 0.851. The standard InChI is InChI=1S/C12H14N2.C2H6/c1-9-8-13-12(14-10(9)2)11-6-4-3-5-7-11;1-2/h4,6-8H,3,5H2,1-2H3;1-2H3. The number of hydrogen-bond acceptors (Lipinski definition) is 2. The second kappa shape index (κ2) is 6.21. The van der Waals surface area contributed by atoms with Crippen molar-refractivity contribution < 1.29 is 0 Å². The highest BCUT2D eigenvalue weighted by Crippen LogP contribution is 2.18. The van der Waals surface area contributed by atoms with Gasteiger partial charge in [-0.3, -0.25) is 0 Å². The van der Waals surface area contributed by atoms with Gasteiger partial charge in [-0.25, -0.2) is 9.97 Å². The molecule has 0 atom stereocenters. The average Bonchev–Trinajstić information content (AvgIpc) is 2.36. The van der Waals surface area contributed by atoms with Gasteiger partial charge in [-0.1, -0.05) is 32.1 Å². The molecule has 0 saturated heterocycles. The van der Waals surface area contributed by atoms with Crippen LogP contribution < -0.4 is 0 Å². The minimum absolute atomic E-state index is 0.851. The summed E-state index contributed by atoms with van der Waals surface area (Å²) in [7, 11) is 0. The van der Waals surface area contributed by atoms with Crippen molar-refractivity contribution in [1.82, 2.24) is 9.97 Å². The van der Waals surface area contributed by atoms with Gasteiger partial charge < -0.3 is 0 Å². The molecule has 2 heteroatoms. The lowest BCUT2D eigenvalue weighted by molar-refractivity contribution is 1.00.